The van der Waals surface area contributed by atoms with E-state index in [1.807, 2.05) is 0 Å². The summed E-state index contributed by atoms with van der Waals surface area (Å²) in [5.74, 6) is -3.75. The van der Waals surface area contributed by atoms with Crippen molar-refractivity contribution >= 4 is 25.6 Å². The first-order valence-corrected chi connectivity index (χ1v) is 8.26. The second-order valence-electron chi connectivity index (χ2n) is 4.13. The van der Waals surface area contributed by atoms with Crippen LogP contribution >= 0.6 is 10.7 Å². The van der Waals surface area contributed by atoms with E-state index in [1.54, 1.807) is 6.92 Å². The lowest BCUT2D eigenvalue weighted by Crippen LogP contribution is -2.31. The highest BCUT2D eigenvalue weighted by Crippen LogP contribution is 2.22. The van der Waals surface area contributed by atoms with Gasteiger partial charge in [-0.25, -0.2) is 17.2 Å². The van der Waals surface area contributed by atoms with Gasteiger partial charge in [-0.1, -0.05) is 0 Å². The molecule has 9 heteroatoms. The highest BCUT2D eigenvalue weighted by atomic mass is 35.7. The van der Waals surface area contributed by atoms with E-state index < -0.39 is 37.1 Å². The van der Waals surface area contributed by atoms with Gasteiger partial charge in [-0.15, -0.1) is 0 Å². The predicted octanol–water partition coefficient (Wildman–Crippen LogP) is 2.00. The molecule has 1 aromatic carbocycles. The molecule has 118 valence electrons. The van der Waals surface area contributed by atoms with Crippen LogP contribution in [0.1, 0.15) is 17.3 Å². The molecule has 0 unspecified atom stereocenters. The number of carbonyl (C=O) groups excluding carboxylic acids is 1. The number of carbonyl (C=O) groups is 1. The molecule has 0 aliphatic carbocycles. The Balaban J connectivity index is 3.11. The van der Waals surface area contributed by atoms with Crippen LogP contribution in [-0.4, -0.2) is 46.0 Å². The molecule has 0 atom stereocenters. The lowest BCUT2D eigenvalue weighted by molar-refractivity contribution is 0.0704. The molecule has 5 nitrogen and oxygen atoms in total. The van der Waals surface area contributed by atoms with Gasteiger partial charge in [-0.05, 0) is 19.1 Å². The summed E-state index contributed by atoms with van der Waals surface area (Å²) in [4.78, 5) is 12.4. The number of rotatable bonds is 6. The van der Waals surface area contributed by atoms with Crippen LogP contribution in [0.4, 0.5) is 8.78 Å². The van der Waals surface area contributed by atoms with Gasteiger partial charge >= 0.3 is 0 Å². The molecule has 0 aliphatic rings. The fourth-order valence-electron chi connectivity index (χ4n) is 1.51. The van der Waals surface area contributed by atoms with Crippen molar-refractivity contribution in [2.75, 3.05) is 26.8 Å². The third-order valence-electron chi connectivity index (χ3n) is 2.64. The number of nitrogens with zero attached hydrogens (tertiary/aromatic N) is 1. The molecule has 0 bridgehead atoms. The Morgan fingerprint density at radius 3 is 2.52 bits per heavy atom. The van der Waals surface area contributed by atoms with Gasteiger partial charge in [0.15, 0.2) is 11.6 Å². The zero-order valence-electron chi connectivity index (χ0n) is 11.4. The van der Waals surface area contributed by atoms with Crippen molar-refractivity contribution < 1.29 is 26.7 Å². The van der Waals surface area contributed by atoms with Gasteiger partial charge < -0.3 is 9.64 Å². The zero-order chi connectivity index (χ0) is 16.2. The zero-order valence-corrected chi connectivity index (χ0v) is 13.0. The maximum absolute atomic E-state index is 13.7. The van der Waals surface area contributed by atoms with E-state index in [0.717, 1.165) is 4.90 Å². The van der Waals surface area contributed by atoms with Crippen LogP contribution in [0.25, 0.3) is 0 Å². The van der Waals surface area contributed by atoms with Crippen LogP contribution in [0.5, 0.6) is 0 Å². The van der Waals surface area contributed by atoms with Crippen molar-refractivity contribution in [2.24, 2.45) is 0 Å². The average molecular weight is 342 g/mol. The van der Waals surface area contributed by atoms with E-state index in [0.29, 0.717) is 18.7 Å². The summed E-state index contributed by atoms with van der Waals surface area (Å²) in [6.45, 7) is 2.58. The number of benzene rings is 1. The predicted molar refractivity (Wildman–Crippen MR) is 72.9 cm³/mol. The monoisotopic (exact) mass is 341 g/mol. The molecule has 0 aliphatic heterocycles. The van der Waals surface area contributed by atoms with Gasteiger partial charge in [0.25, 0.3) is 15.0 Å². The van der Waals surface area contributed by atoms with Gasteiger partial charge in [0, 0.05) is 30.9 Å². The van der Waals surface area contributed by atoms with Crippen LogP contribution in [0, 0.1) is 11.6 Å². The van der Waals surface area contributed by atoms with Gasteiger partial charge in [0.1, 0.15) is 0 Å². The fraction of sp³-hybridized carbons (Fsp3) is 0.417. The minimum absolute atomic E-state index is 0.144. The minimum Gasteiger partial charge on any atom is -0.380 e. The summed E-state index contributed by atoms with van der Waals surface area (Å²) >= 11 is 0. The highest BCUT2D eigenvalue weighted by Gasteiger charge is 2.23. The lowest BCUT2D eigenvalue weighted by Gasteiger charge is -2.17. The topological polar surface area (TPSA) is 63.7 Å². The molecule has 1 amide bonds. The quantitative estimate of drug-likeness (QED) is 0.586. The minimum atomic E-state index is -4.27. The number of likely N-dealkylation sites (N-methyl/N-ethyl adjacent to an activating group) is 1. The number of halogens is 3. The van der Waals surface area contributed by atoms with Crippen molar-refractivity contribution in [1.29, 1.82) is 0 Å². The standard InChI is InChI=1S/C12H14ClF2NO4S/c1-3-20-5-4-16(2)12(17)9-6-8(21(13,18)19)7-10(14)11(9)15/h6-7H,3-5H2,1-2H3. The Kier molecular flexibility index (Phi) is 6.06. The van der Waals surface area contributed by atoms with Gasteiger partial charge in [-0.2, -0.15) is 0 Å². The van der Waals surface area contributed by atoms with Crippen molar-refractivity contribution in [3.05, 3.63) is 29.3 Å². The third-order valence-corrected chi connectivity index (χ3v) is 3.97. The summed E-state index contributed by atoms with van der Waals surface area (Å²) < 4.78 is 54.5. The summed E-state index contributed by atoms with van der Waals surface area (Å²) in [6.07, 6.45) is 0. The number of ether oxygens (including phenoxy) is 1. The highest BCUT2D eigenvalue weighted by molar-refractivity contribution is 8.13. The first kappa shape index (κ1) is 17.8. The molecule has 0 aromatic heterocycles. The van der Waals surface area contributed by atoms with Crippen molar-refractivity contribution in [2.45, 2.75) is 11.8 Å². The molecule has 0 saturated carbocycles. The van der Waals surface area contributed by atoms with E-state index in [9.17, 15) is 22.0 Å². The maximum atomic E-state index is 13.7. The van der Waals surface area contributed by atoms with Crippen LogP contribution in [0.2, 0.25) is 0 Å². The SMILES string of the molecule is CCOCCN(C)C(=O)c1cc(S(=O)(=O)Cl)cc(F)c1F. The van der Waals surface area contributed by atoms with E-state index in [2.05, 4.69) is 0 Å². The lowest BCUT2D eigenvalue weighted by atomic mass is 10.2. The second-order valence-corrected chi connectivity index (χ2v) is 6.69. The molecular formula is C12H14ClF2NO4S. The number of hydrogen-bond acceptors (Lipinski definition) is 4. The molecular weight excluding hydrogens is 328 g/mol. The molecule has 21 heavy (non-hydrogen) atoms. The summed E-state index contributed by atoms with van der Waals surface area (Å²) in [5, 5.41) is 0. The fourth-order valence-corrected chi connectivity index (χ4v) is 2.28. The summed E-state index contributed by atoms with van der Waals surface area (Å²) in [7, 11) is 2.17. The maximum Gasteiger partial charge on any atom is 0.261 e. The first-order chi connectivity index (χ1) is 9.68. The van der Waals surface area contributed by atoms with E-state index in [-0.39, 0.29) is 13.2 Å². The van der Waals surface area contributed by atoms with Crippen LogP contribution < -0.4 is 0 Å². The molecule has 0 spiro atoms. The van der Waals surface area contributed by atoms with E-state index in [1.165, 1.54) is 7.05 Å². The van der Waals surface area contributed by atoms with Gasteiger partial charge in [-0.3, -0.25) is 4.79 Å². The molecule has 0 radical (unpaired) electrons. The van der Waals surface area contributed by atoms with E-state index in [4.69, 9.17) is 15.4 Å². The molecule has 0 heterocycles. The summed E-state index contributed by atoms with van der Waals surface area (Å²) in [6, 6.07) is 1.13. The molecule has 0 saturated heterocycles. The van der Waals surface area contributed by atoms with Crippen molar-refractivity contribution in [1.82, 2.24) is 4.90 Å². The van der Waals surface area contributed by atoms with Gasteiger partial charge in [0.2, 0.25) is 0 Å². The molecule has 1 aromatic rings. The summed E-state index contributed by atoms with van der Waals surface area (Å²) in [5.41, 5.74) is -0.701. The van der Waals surface area contributed by atoms with Crippen LogP contribution in [-0.2, 0) is 13.8 Å². The third kappa shape index (κ3) is 4.62. The first-order valence-electron chi connectivity index (χ1n) is 5.95. The Morgan fingerprint density at radius 2 is 2.00 bits per heavy atom. The second kappa shape index (κ2) is 7.15. The Hall–Kier alpha value is -1.25. The average Bonchev–Trinajstić information content (AvgIpc) is 2.39. The molecule has 0 fully saturated rings. The smallest absolute Gasteiger partial charge is 0.261 e. The normalized spacial score (nSPS) is 11.5. The van der Waals surface area contributed by atoms with Crippen LogP contribution in [0.3, 0.4) is 0 Å². The molecule has 1 rings (SSSR count). The van der Waals surface area contributed by atoms with E-state index >= 15 is 0 Å². The Bertz CT molecular complexity index is 636. The number of amides is 1. The largest absolute Gasteiger partial charge is 0.380 e. The van der Waals surface area contributed by atoms with Crippen LogP contribution in [0.15, 0.2) is 17.0 Å². The number of hydrogen-bond donors (Lipinski definition) is 0. The Morgan fingerprint density at radius 1 is 1.38 bits per heavy atom. The van der Waals surface area contributed by atoms with Crippen molar-refractivity contribution in [3.8, 4) is 0 Å². The molecule has 0 N–H and O–H groups in total. The Labute approximate surface area is 125 Å². The van der Waals surface area contributed by atoms with Crippen molar-refractivity contribution in [3.63, 3.8) is 0 Å². The van der Waals surface area contributed by atoms with Gasteiger partial charge in [0.05, 0.1) is 17.1 Å².